The fourth-order valence-corrected chi connectivity index (χ4v) is 1.87. The molecule has 1 fully saturated rings. The summed E-state index contributed by atoms with van der Waals surface area (Å²) in [5.74, 6) is -0.186. The molecule has 1 amide bonds. The van der Waals surface area contributed by atoms with Gasteiger partial charge in [-0.1, -0.05) is 6.92 Å². The van der Waals surface area contributed by atoms with Gasteiger partial charge in [0.1, 0.15) is 0 Å². The van der Waals surface area contributed by atoms with E-state index in [2.05, 4.69) is 6.92 Å². The molecule has 0 spiro atoms. The summed E-state index contributed by atoms with van der Waals surface area (Å²) < 4.78 is 0. The molecule has 0 atom stereocenters. The summed E-state index contributed by atoms with van der Waals surface area (Å²) in [4.78, 5) is 27.6. The van der Waals surface area contributed by atoms with Gasteiger partial charge in [-0.25, -0.2) is 0 Å². The van der Waals surface area contributed by atoms with Gasteiger partial charge in [0, 0.05) is 38.8 Å². The van der Waals surface area contributed by atoms with Crippen LogP contribution in [0.5, 0.6) is 0 Å². The lowest BCUT2D eigenvalue weighted by molar-refractivity contribution is -0.138. The zero-order valence-corrected chi connectivity index (χ0v) is 11.4. The minimum absolute atomic E-state index is 0.0492. The quantitative estimate of drug-likeness (QED) is 0.551. The van der Waals surface area contributed by atoms with Crippen LogP contribution in [0, 0.1) is 0 Å². The molecule has 0 N–H and O–H groups in total. The number of likely N-dealkylation sites (tertiary alicyclic amines) is 1. The minimum atomic E-state index is -0.191. The maximum absolute atomic E-state index is 12.3. The molecule has 1 heterocycles. The Bertz CT molecular complexity index is 356. The van der Waals surface area contributed by atoms with Gasteiger partial charge in [0.05, 0.1) is 5.57 Å². The van der Waals surface area contributed by atoms with Crippen LogP contribution in [0.4, 0.5) is 0 Å². The Hall–Kier alpha value is -1.32. The first-order chi connectivity index (χ1) is 7.79. The summed E-state index contributed by atoms with van der Waals surface area (Å²) in [5.41, 5.74) is 0.117. The Morgan fingerprint density at radius 1 is 1.35 bits per heavy atom. The van der Waals surface area contributed by atoms with Crippen LogP contribution in [0.1, 0.15) is 33.6 Å². The molecule has 1 saturated heterocycles. The van der Waals surface area contributed by atoms with Crippen molar-refractivity contribution in [1.82, 2.24) is 9.80 Å². The Kier molecular flexibility index (Phi) is 3.96. The van der Waals surface area contributed by atoms with E-state index in [1.807, 2.05) is 32.8 Å². The highest BCUT2D eigenvalue weighted by Gasteiger charge is 2.37. The van der Waals surface area contributed by atoms with Crippen LogP contribution in [0.15, 0.2) is 11.8 Å². The third-order valence-electron chi connectivity index (χ3n) is 3.32. The molecular weight excluding hydrogens is 216 g/mol. The van der Waals surface area contributed by atoms with Crippen LogP contribution in [0.3, 0.4) is 0 Å². The van der Waals surface area contributed by atoms with E-state index >= 15 is 0 Å². The Labute approximate surface area is 103 Å². The lowest BCUT2D eigenvalue weighted by Crippen LogP contribution is -2.52. The van der Waals surface area contributed by atoms with E-state index in [-0.39, 0.29) is 17.2 Å². The van der Waals surface area contributed by atoms with E-state index in [4.69, 9.17) is 0 Å². The maximum Gasteiger partial charge on any atom is 0.259 e. The predicted octanol–water partition coefficient (Wildman–Crippen LogP) is 1.42. The molecule has 1 aliphatic rings. The normalized spacial score (nSPS) is 20.1. The molecule has 0 aromatic heterocycles. The Morgan fingerprint density at radius 2 is 1.94 bits per heavy atom. The number of carbonyl (C=O) groups is 2. The number of amides is 1. The van der Waals surface area contributed by atoms with Crippen molar-refractivity contribution < 1.29 is 9.59 Å². The lowest BCUT2D eigenvalue weighted by Gasteiger charge is -2.40. The molecule has 1 aliphatic heterocycles. The monoisotopic (exact) mass is 238 g/mol. The van der Waals surface area contributed by atoms with Crippen molar-refractivity contribution in [3.8, 4) is 0 Å². The molecule has 4 nitrogen and oxygen atoms in total. The number of piperidine rings is 1. The number of Topliss-reactive ketones (excluding diaryl/α,β-unsaturated/α-hetero) is 1. The van der Waals surface area contributed by atoms with Crippen LogP contribution >= 0.6 is 0 Å². The maximum atomic E-state index is 12.3. The molecule has 0 bridgehead atoms. The molecule has 0 saturated carbocycles. The van der Waals surface area contributed by atoms with Crippen molar-refractivity contribution in [2.75, 3.05) is 20.6 Å². The van der Waals surface area contributed by atoms with Crippen molar-refractivity contribution in [2.24, 2.45) is 0 Å². The van der Waals surface area contributed by atoms with Crippen LogP contribution in [-0.4, -0.2) is 47.7 Å². The standard InChI is InChI=1S/C13H22N2O2/c1-6-13(2,3)15-8-7-11(16)10(12(15)17)9-14(4)5/h9H,6-8H2,1-5H3. The predicted molar refractivity (Wildman–Crippen MR) is 67.5 cm³/mol. The number of nitrogens with zero attached hydrogens (tertiary/aromatic N) is 2. The van der Waals surface area contributed by atoms with Crippen molar-refractivity contribution in [1.29, 1.82) is 0 Å². The smallest absolute Gasteiger partial charge is 0.259 e. The first kappa shape index (κ1) is 13.7. The van der Waals surface area contributed by atoms with Crippen molar-refractivity contribution in [3.05, 3.63) is 11.8 Å². The van der Waals surface area contributed by atoms with Crippen molar-refractivity contribution >= 4 is 11.7 Å². The Morgan fingerprint density at radius 3 is 2.41 bits per heavy atom. The average Bonchev–Trinajstić information content (AvgIpc) is 2.23. The molecule has 4 heteroatoms. The van der Waals surface area contributed by atoms with Gasteiger partial charge in [-0.05, 0) is 20.3 Å². The number of rotatable bonds is 3. The SMILES string of the molecule is CCC(C)(C)N1CCC(=O)C(=CN(C)C)C1=O. The molecule has 17 heavy (non-hydrogen) atoms. The van der Waals surface area contributed by atoms with Gasteiger partial charge in [-0.2, -0.15) is 0 Å². The van der Waals surface area contributed by atoms with Crippen LogP contribution in [0.25, 0.3) is 0 Å². The van der Waals surface area contributed by atoms with Gasteiger partial charge >= 0.3 is 0 Å². The number of ketones is 1. The van der Waals surface area contributed by atoms with Crippen molar-refractivity contribution in [3.63, 3.8) is 0 Å². The van der Waals surface area contributed by atoms with E-state index in [9.17, 15) is 9.59 Å². The van der Waals surface area contributed by atoms with Gasteiger partial charge < -0.3 is 9.80 Å². The van der Waals surface area contributed by atoms with E-state index in [0.717, 1.165) is 6.42 Å². The second kappa shape index (κ2) is 4.90. The topological polar surface area (TPSA) is 40.6 Å². The Balaban J connectivity index is 3.02. The molecule has 0 radical (unpaired) electrons. The van der Waals surface area contributed by atoms with Gasteiger partial charge in [0.15, 0.2) is 5.78 Å². The number of hydrogen-bond donors (Lipinski definition) is 0. The lowest BCUT2D eigenvalue weighted by atomic mass is 9.93. The largest absolute Gasteiger partial charge is 0.383 e. The van der Waals surface area contributed by atoms with Crippen LogP contribution in [-0.2, 0) is 9.59 Å². The van der Waals surface area contributed by atoms with Gasteiger partial charge in [-0.15, -0.1) is 0 Å². The zero-order valence-electron chi connectivity index (χ0n) is 11.4. The second-order valence-electron chi connectivity index (χ2n) is 5.30. The molecule has 0 unspecified atom stereocenters. The first-order valence-corrected chi connectivity index (χ1v) is 6.03. The van der Waals surface area contributed by atoms with Gasteiger partial charge in [0.25, 0.3) is 5.91 Å². The van der Waals surface area contributed by atoms with E-state index < -0.39 is 0 Å². The summed E-state index contributed by atoms with van der Waals surface area (Å²) in [6.45, 7) is 6.66. The molecule has 0 aromatic carbocycles. The third-order valence-corrected chi connectivity index (χ3v) is 3.32. The van der Waals surface area contributed by atoms with E-state index in [1.54, 1.807) is 11.1 Å². The van der Waals surface area contributed by atoms with Gasteiger partial charge in [-0.3, -0.25) is 9.59 Å². The minimum Gasteiger partial charge on any atom is -0.383 e. The molecule has 96 valence electrons. The zero-order chi connectivity index (χ0) is 13.2. The third kappa shape index (κ3) is 2.87. The average molecular weight is 238 g/mol. The number of carbonyl (C=O) groups excluding carboxylic acids is 2. The first-order valence-electron chi connectivity index (χ1n) is 6.03. The highest BCUT2D eigenvalue weighted by molar-refractivity contribution is 6.20. The van der Waals surface area contributed by atoms with Crippen LogP contribution < -0.4 is 0 Å². The van der Waals surface area contributed by atoms with E-state index in [1.165, 1.54) is 0 Å². The molecule has 0 aliphatic carbocycles. The number of hydrogen-bond acceptors (Lipinski definition) is 3. The van der Waals surface area contributed by atoms with Crippen LogP contribution in [0.2, 0.25) is 0 Å². The summed E-state index contributed by atoms with van der Waals surface area (Å²) in [6.07, 6.45) is 2.93. The van der Waals surface area contributed by atoms with E-state index in [0.29, 0.717) is 18.5 Å². The summed E-state index contributed by atoms with van der Waals surface area (Å²) in [5, 5.41) is 0. The highest BCUT2D eigenvalue weighted by Crippen LogP contribution is 2.25. The molecule has 1 rings (SSSR count). The summed E-state index contributed by atoms with van der Waals surface area (Å²) >= 11 is 0. The molecule has 0 aromatic rings. The second-order valence-corrected chi connectivity index (χ2v) is 5.30. The molecular formula is C13H22N2O2. The summed E-state index contributed by atoms with van der Waals surface area (Å²) in [7, 11) is 3.63. The summed E-state index contributed by atoms with van der Waals surface area (Å²) in [6, 6.07) is 0. The highest BCUT2D eigenvalue weighted by atomic mass is 16.2. The van der Waals surface area contributed by atoms with Crippen molar-refractivity contribution in [2.45, 2.75) is 39.2 Å². The van der Waals surface area contributed by atoms with Gasteiger partial charge in [0.2, 0.25) is 0 Å². The fourth-order valence-electron chi connectivity index (χ4n) is 1.87. The fraction of sp³-hybridized carbons (Fsp3) is 0.692.